The summed E-state index contributed by atoms with van der Waals surface area (Å²) in [5.74, 6) is -0.327. The fourth-order valence-corrected chi connectivity index (χ4v) is 2.13. The Balaban J connectivity index is 2.39. The minimum Gasteiger partial charge on any atom is -0.494 e. The molecule has 0 aliphatic rings. The van der Waals surface area contributed by atoms with Gasteiger partial charge in [0.25, 0.3) is 0 Å². The number of carbonyl (C=O) groups excluding carboxylic acids is 1. The van der Waals surface area contributed by atoms with Crippen LogP contribution in [0.15, 0.2) is 12.1 Å². The molecule has 0 unspecified atom stereocenters. The molecule has 0 aliphatic heterocycles. The van der Waals surface area contributed by atoms with Gasteiger partial charge in [-0.25, -0.2) is 9.18 Å². The summed E-state index contributed by atoms with van der Waals surface area (Å²) in [6.45, 7) is 0.757. The Morgan fingerprint density at radius 3 is 3.00 bits per heavy atom. The number of benzene rings is 1. The Bertz CT molecular complexity index is 679. The van der Waals surface area contributed by atoms with Crippen LogP contribution in [0.2, 0.25) is 0 Å². The zero-order valence-corrected chi connectivity index (χ0v) is 11.0. The van der Waals surface area contributed by atoms with Crippen molar-refractivity contribution in [3.05, 3.63) is 22.7 Å². The molecule has 6 nitrogen and oxygen atoms in total. The minimum absolute atomic E-state index is 0.137. The number of carbonyl (C=O) groups is 1. The van der Waals surface area contributed by atoms with E-state index in [1.165, 1.54) is 13.2 Å². The smallest absolute Gasteiger partial charge is 0.312 e. The molecular weight excluding hydrogens is 271 g/mol. The van der Waals surface area contributed by atoms with Crippen LogP contribution in [0.5, 0.6) is 5.75 Å². The summed E-state index contributed by atoms with van der Waals surface area (Å²) in [5, 5.41) is 2.47. The van der Waals surface area contributed by atoms with Gasteiger partial charge in [0, 0.05) is 25.2 Å². The van der Waals surface area contributed by atoms with Crippen molar-refractivity contribution in [2.24, 2.45) is 5.73 Å². The van der Waals surface area contributed by atoms with Crippen LogP contribution in [-0.4, -0.2) is 29.2 Å². The molecule has 0 atom stereocenters. The number of aromatic amines is 1. The fraction of sp³-hybridized carbons (Fsp3) is 0.273. The van der Waals surface area contributed by atoms with Crippen LogP contribution in [-0.2, 0) is 6.54 Å². The van der Waals surface area contributed by atoms with Gasteiger partial charge in [-0.3, -0.25) is 0 Å². The number of aromatic nitrogens is 2. The summed E-state index contributed by atoms with van der Waals surface area (Å²) in [6.07, 6.45) is 0. The first-order valence-electron chi connectivity index (χ1n) is 5.52. The van der Waals surface area contributed by atoms with Crippen LogP contribution < -0.4 is 15.8 Å². The third-order valence-corrected chi connectivity index (χ3v) is 3.00. The van der Waals surface area contributed by atoms with Gasteiger partial charge in [0.15, 0.2) is 16.3 Å². The number of H-pyrrole nitrogens is 1. The van der Waals surface area contributed by atoms with E-state index in [9.17, 15) is 9.18 Å². The lowest BCUT2D eigenvalue weighted by Crippen LogP contribution is -2.32. The minimum atomic E-state index is -0.602. The Labute approximate surface area is 113 Å². The van der Waals surface area contributed by atoms with Gasteiger partial charge in [0.05, 0.1) is 18.1 Å². The predicted octanol–water partition coefficient (Wildman–Crippen LogP) is 1.51. The van der Waals surface area contributed by atoms with Crippen molar-refractivity contribution in [1.29, 1.82) is 0 Å². The fourth-order valence-electron chi connectivity index (χ4n) is 1.83. The molecule has 1 aromatic heterocycles. The van der Waals surface area contributed by atoms with Crippen LogP contribution in [0.3, 0.4) is 0 Å². The highest BCUT2D eigenvalue weighted by Gasteiger charge is 2.10. The Morgan fingerprint density at radius 2 is 2.37 bits per heavy atom. The lowest BCUT2D eigenvalue weighted by molar-refractivity contribution is 0.248. The molecule has 1 heterocycles. The van der Waals surface area contributed by atoms with Crippen molar-refractivity contribution in [1.82, 2.24) is 14.9 Å². The lowest BCUT2D eigenvalue weighted by atomic mass is 10.3. The van der Waals surface area contributed by atoms with Crippen LogP contribution >= 0.6 is 12.2 Å². The number of hydrogen-bond acceptors (Lipinski definition) is 3. The largest absolute Gasteiger partial charge is 0.494 e. The molecule has 0 spiro atoms. The molecule has 19 heavy (non-hydrogen) atoms. The molecule has 4 N–H and O–H groups in total. The van der Waals surface area contributed by atoms with E-state index in [1.807, 2.05) is 0 Å². The highest BCUT2D eigenvalue weighted by atomic mass is 32.1. The van der Waals surface area contributed by atoms with Gasteiger partial charge >= 0.3 is 6.03 Å². The van der Waals surface area contributed by atoms with Crippen molar-refractivity contribution < 1.29 is 13.9 Å². The standard InChI is InChI=1S/C11H13FN4O2S/c1-18-9-5-8-7(4-6(9)12)15-11(19)16(8)3-2-14-10(13)17/h4-5H,2-3H2,1H3,(H,15,19)(H3,13,14,17). The highest BCUT2D eigenvalue weighted by Crippen LogP contribution is 2.24. The van der Waals surface area contributed by atoms with Crippen molar-refractivity contribution in [2.75, 3.05) is 13.7 Å². The van der Waals surface area contributed by atoms with E-state index in [0.29, 0.717) is 28.9 Å². The van der Waals surface area contributed by atoms with Crippen molar-refractivity contribution in [3.63, 3.8) is 0 Å². The Morgan fingerprint density at radius 1 is 1.63 bits per heavy atom. The highest BCUT2D eigenvalue weighted by molar-refractivity contribution is 7.71. The number of urea groups is 1. The van der Waals surface area contributed by atoms with Gasteiger partial charge in [-0.15, -0.1) is 0 Å². The molecule has 0 saturated carbocycles. The summed E-state index contributed by atoms with van der Waals surface area (Å²) in [5.41, 5.74) is 6.26. The molecule has 0 saturated heterocycles. The molecule has 102 valence electrons. The first-order valence-corrected chi connectivity index (χ1v) is 5.93. The maximum Gasteiger partial charge on any atom is 0.312 e. The number of rotatable bonds is 4. The van der Waals surface area contributed by atoms with E-state index in [-0.39, 0.29) is 5.75 Å². The molecule has 2 aromatic rings. The average molecular weight is 284 g/mol. The van der Waals surface area contributed by atoms with E-state index in [2.05, 4.69) is 10.3 Å². The number of hydrogen-bond donors (Lipinski definition) is 3. The van der Waals surface area contributed by atoms with E-state index in [1.54, 1.807) is 10.6 Å². The number of nitrogens with two attached hydrogens (primary N) is 1. The van der Waals surface area contributed by atoms with E-state index in [0.717, 1.165) is 0 Å². The Kier molecular flexibility index (Phi) is 3.70. The summed E-state index contributed by atoms with van der Waals surface area (Å²) < 4.78 is 20.7. The second-order valence-electron chi connectivity index (χ2n) is 3.88. The zero-order valence-electron chi connectivity index (χ0n) is 10.2. The Hall–Kier alpha value is -2.09. The molecule has 2 amide bonds. The third kappa shape index (κ3) is 2.68. The molecule has 0 fully saturated rings. The summed E-state index contributed by atoms with van der Waals surface area (Å²) in [7, 11) is 1.39. The quantitative estimate of drug-likeness (QED) is 0.744. The van der Waals surface area contributed by atoms with Crippen LogP contribution in [0.4, 0.5) is 9.18 Å². The predicted molar refractivity (Wildman–Crippen MR) is 71.2 cm³/mol. The topological polar surface area (TPSA) is 85.1 Å². The summed E-state index contributed by atoms with van der Waals surface area (Å²) >= 11 is 5.15. The van der Waals surface area contributed by atoms with Crippen LogP contribution in [0.25, 0.3) is 11.0 Å². The van der Waals surface area contributed by atoms with E-state index < -0.39 is 11.8 Å². The maximum absolute atomic E-state index is 13.6. The SMILES string of the molecule is COc1cc2c(cc1F)[nH]c(=S)n2CCNC(N)=O. The maximum atomic E-state index is 13.6. The number of fused-ring (bicyclic) bond motifs is 1. The number of imidazole rings is 1. The summed E-state index contributed by atoms with van der Waals surface area (Å²) in [4.78, 5) is 13.5. The molecule has 1 aromatic carbocycles. The van der Waals surface area contributed by atoms with Gasteiger partial charge in [-0.1, -0.05) is 0 Å². The average Bonchev–Trinajstić information content (AvgIpc) is 2.63. The van der Waals surface area contributed by atoms with Crippen molar-refractivity contribution >= 4 is 29.3 Å². The van der Waals surface area contributed by atoms with E-state index >= 15 is 0 Å². The van der Waals surface area contributed by atoms with E-state index in [4.69, 9.17) is 22.7 Å². The van der Waals surface area contributed by atoms with Gasteiger partial charge in [0.1, 0.15) is 0 Å². The number of nitrogens with zero attached hydrogens (tertiary/aromatic N) is 1. The van der Waals surface area contributed by atoms with Crippen LogP contribution in [0, 0.1) is 10.6 Å². The first-order chi connectivity index (χ1) is 9.02. The van der Waals surface area contributed by atoms with Gasteiger partial charge in [-0.05, 0) is 12.2 Å². The number of nitrogens with one attached hydrogen (secondary N) is 2. The van der Waals surface area contributed by atoms with Crippen molar-refractivity contribution in [3.8, 4) is 5.75 Å². The molecule has 0 radical (unpaired) electrons. The number of ether oxygens (including phenoxy) is 1. The molecule has 0 bridgehead atoms. The molecule has 0 aliphatic carbocycles. The molecule has 2 rings (SSSR count). The number of primary amides is 1. The zero-order chi connectivity index (χ0) is 14.0. The number of methoxy groups -OCH3 is 1. The van der Waals surface area contributed by atoms with Gasteiger partial charge in [0.2, 0.25) is 0 Å². The third-order valence-electron chi connectivity index (χ3n) is 2.68. The molecular formula is C11H13FN4O2S. The summed E-state index contributed by atoms with van der Waals surface area (Å²) in [6, 6.07) is 2.28. The van der Waals surface area contributed by atoms with Crippen LogP contribution in [0.1, 0.15) is 0 Å². The second kappa shape index (κ2) is 5.27. The van der Waals surface area contributed by atoms with Crippen molar-refractivity contribution in [2.45, 2.75) is 6.54 Å². The number of amides is 2. The van der Waals surface area contributed by atoms with Gasteiger partial charge in [-0.2, -0.15) is 0 Å². The lowest BCUT2D eigenvalue weighted by Gasteiger charge is -2.06. The number of halogens is 1. The van der Waals surface area contributed by atoms with Gasteiger partial charge < -0.3 is 25.3 Å². The second-order valence-corrected chi connectivity index (χ2v) is 4.26. The first kappa shape index (κ1) is 13.3. The normalized spacial score (nSPS) is 10.6. The molecule has 8 heteroatoms. The monoisotopic (exact) mass is 284 g/mol.